The number of hydrogen-bond donors (Lipinski definition) is 1. The topological polar surface area (TPSA) is 31.9 Å². The number of imidazole rings is 1. The molecule has 0 spiro atoms. The number of para-hydroxylation sites is 1. The molecule has 1 aromatic heterocycles. The summed E-state index contributed by atoms with van der Waals surface area (Å²) < 4.78 is 0. The second-order valence-corrected chi connectivity index (χ2v) is 4.27. The van der Waals surface area contributed by atoms with Crippen LogP contribution in [-0.4, -0.2) is 16.5 Å². The van der Waals surface area contributed by atoms with Crippen molar-refractivity contribution in [3.63, 3.8) is 0 Å². The highest BCUT2D eigenvalue weighted by Crippen LogP contribution is 2.21. The molecule has 2 rings (SSSR count). The molecule has 2 aromatic rings. The number of aromatic amines is 1. The molecule has 0 aliphatic heterocycles. The third-order valence-electron chi connectivity index (χ3n) is 3.11. The van der Waals surface area contributed by atoms with Crippen LogP contribution in [0.3, 0.4) is 0 Å². The predicted octanol–water partition coefficient (Wildman–Crippen LogP) is 3.05. The van der Waals surface area contributed by atoms with E-state index in [0.29, 0.717) is 0 Å². The van der Waals surface area contributed by atoms with Gasteiger partial charge in [0.1, 0.15) is 0 Å². The van der Waals surface area contributed by atoms with Crippen molar-refractivity contribution in [1.29, 1.82) is 0 Å². The molecule has 1 aromatic carbocycles. The monoisotopic (exact) mass is 229 g/mol. The summed E-state index contributed by atoms with van der Waals surface area (Å²) in [7, 11) is 0. The zero-order valence-electron chi connectivity index (χ0n) is 10.7. The first kappa shape index (κ1) is 11.7. The Hall–Kier alpha value is -1.77. The van der Waals surface area contributed by atoms with Gasteiger partial charge in [-0.3, -0.25) is 0 Å². The molecular formula is C14H19N3. The molecule has 0 fully saturated rings. The molecule has 0 saturated heterocycles. The van der Waals surface area contributed by atoms with Crippen LogP contribution in [0, 0.1) is 13.8 Å². The van der Waals surface area contributed by atoms with Crippen molar-refractivity contribution in [2.45, 2.75) is 27.3 Å². The van der Waals surface area contributed by atoms with Gasteiger partial charge in [-0.15, -0.1) is 0 Å². The van der Waals surface area contributed by atoms with E-state index in [1.54, 1.807) is 6.33 Å². The lowest BCUT2D eigenvalue weighted by Gasteiger charge is -2.24. The predicted molar refractivity (Wildman–Crippen MR) is 71.2 cm³/mol. The highest BCUT2D eigenvalue weighted by atomic mass is 15.1. The van der Waals surface area contributed by atoms with Gasteiger partial charge in [0.25, 0.3) is 0 Å². The Bertz CT molecular complexity index is 488. The number of hydrogen-bond acceptors (Lipinski definition) is 2. The van der Waals surface area contributed by atoms with E-state index < -0.39 is 0 Å². The van der Waals surface area contributed by atoms with Crippen LogP contribution in [0.25, 0.3) is 0 Å². The van der Waals surface area contributed by atoms with Crippen LogP contribution in [0.15, 0.2) is 30.6 Å². The van der Waals surface area contributed by atoms with Crippen molar-refractivity contribution in [3.8, 4) is 0 Å². The summed E-state index contributed by atoms with van der Waals surface area (Å²) in [6, 6.07) is 8.48. The second-order valence-electron chi connectivity index (χ2n) is 4.27. The molecular weight excluding hydrogens is 210 g/mol. The third kappa shape index (κ3) is 2.49. The van der Waals surface area contributed by atoms with E-state index in [-0.39, 0.29) is 0 Å². The lowest BCUT2D eigenvalue weighted by molar-refractivity contribution is 0.806. The molecule has 0 bridgehead atoms. The van der Waals surface area contributed by atoms with E-state index >= 15 is 0 Å². The van der Waals surface area contributed by atoms with Gasteiger partial charge in [0.15, 0.2) is 0 Å². The van der Waals surface area contributed by atoms with E-state index in [4.69, 9.17) is 0 Å². The van der Waals surface area contributed by atoms with Gasteiger partial charge in [-0.2, -0.15) is 0 Å². The Labute approximate surface area is 103 Å². The Morgan fingerprint density at radius 1 is 1.24 bits per heavy atom. The molecule has 0 amide bonds. The lowest BCUT2D eigenvalue weighted by Crippen LogP contribution is -2.23. The second kappa shape index (κ2) is 5.04. The summed E-state index contributed by atoms with van der Waals surface area (Å²) in [5.74, 6) is 0. The van der Waals surface area contributed by atoms with Crippen LogP contribution in [0.2, 0.25) is 0 Å². The maximum absolute atomic E-state index is 4.36. The number of aryl methyl sites for hydroxylation is 2. The number of nitrogens with zero attached hydrogens (tertiary/aromatic N) is 2. The fourth-order valence-electron chi connectivity index (χ4n) is 2.01. The molecule has 3 heteroatoms. The van der Waals surface area contributed by atoms with Crippen molar-refractivity contribution in [3.05, 3.63) is 47.5 Å². The zero-order valence-corrected chi connectivity index (χ0v) is 10.7. The average Bonchev–Trinajstić information content (AvgIpc) is 2.73. The smallest absolute Gasteiger partial charge is 0.0925 e. The molecule has 17 heavy (non-hydrogen) atoms. The van der Waals surface area contributed by atoms with Gasteiger partial charge in [-0.25, -0.2) is 4.98 Å². The van der Waals surface area contributed by atoms with Crippen molar-refractivity contribution in [2.75, 3.05) is 11.4 Å². The normalized spacial score (nSPS) is 10.5. The van der Waals surface area contributed by atoms with Crippen molar-refractivity contribution in [2.24, 2.45) is 0 Å². The van der Waals surface area contributed by atoms with Gasteiger partial charge < -0.3 is 9.88 Å². The highest BCUT2D eigenvalue weighted by Gasteiger charge is 2.10. The van der Waals surface area contributed by atoms with E-state index in [1.807, 2.05) is 0 Å². The van der Waals surface area contributed by atoms with E-state index in [0.717, 1.165) is 24.5 Å². The number of anilines is 1. The maximum atomic E-state index is 4.36. The maximum Gasteiger partial charge on any atom is 0.0925 e. The summed E-state index contributed by atoms with van der Waals surface area (Å²) >= 11 is 0. The van der Waals surface area contributed by atoms with Crippen LogP contribution in [0.5, 0.6) is 0 Å². The van der Waals surface area contributed by atoms with Gasteiger partial charge in [-0.1, -0.05) is 18.2 Å². The molecule has 1 N–H and O–H groups in total. The van der Waals surface area contributed by atoms with Gasteiger partial charge in [0.05, 0.1) is 18.6 Å². The average molecular weight is 229 g/mol. The van der Waals surface area contributed by atoms with Gasteiger partial charge in [-0.05, 0) is 32.4 Å². The highest BCUT2D eigenvalue weighted by molar-refractivity contribution is 5.53. The van der Waals surface area contributed by atoms with Crippen molar-refractivity contribution < 1.29 is 0 Å². The minimum atomic E-state index is 0.858. The van der Waals surface area contributed by atoms with Crippen LogP contribution < -0.4 is 4.90 Å². The summed E-state index contributed by atoms with van der Waals surface area (Å²) in [6.07, 6.45) is 1.76. The molecule has 0 aliphatic carbocycles. The largest absolute Gasteiger partial charge is 0.366 e. The summed E-state index contributed by atoms with van der Waals surface area (Å²) in [5.41, 5.74) is 4.87. The summed E-state index contributed by atoms with van der Waals surface area (Å²) in [4.78, 5) is 9.83. The first-order valence-electron chi connectivity index (χ1n) is 6.01. The SMILES string of the molecule is CCN(Cc1nc[nH]c1C)c1ccccc1C. The van der Waals surface area contributed by atoms with Gasteiger partial charge in [0.2, 0.25) is 0 Å². The van der Waals surface area contributed by atoms with E-state index in [1.165, 1.54) is 11.3 Å². The quantitative estimate of drug-likeness (QED) is 0.873. The Morgan fingerprint density at radius 3 is 2.59 bits per heavy atom. The fraction of sp³-hybridized carbons (Fsp3) is 0.357. The molecule has 1 heterocycles. The lowest BCUT2D eigenvalue weighted by atomic mass is 10.1. The van der Waals surface area contributed by atoms with Crippen LogP contribution in [-0.2, 0) is 6.54 Å². The number of rotatable bonds is 4. The molecule has 0 radical (unpaired) electrons. The minimum Gasteiger partial charge on any atom is -0.366 e. The molecule has 0 saturated carbocycles. The van der Waals surface area contributed by atoms with E-state index in [2.05, 4.69) is 59.9 Å². The Morgan fingerprint density at radius 2 is 2.00 bits per heavy atom. The van der Waals surface area contributed by atoms with Gasteiger partial charge in [0, 0.05) is 17.9 Å². The Kier molecular flexibility index (Phi) is 3.47. The molecule has 0 atom stereocenters. The fourth-order valence-corrected chi connectivity index (χ4v) is 2.01. The summed E-state index contributed by atoms with van der Waals surface area (Å²) in [6.45, 7) is 8.23. The Balaban J connectivity index is 2.23. The molecule has 0 aliphatic rings. The van der Waals surface area contributed by atoms with Crippen LogP contribution >= 0.6 is 0 Å². The van der Waals surface area contributed by atoms with Gasteiger partial charge >= 0.3 is 0 Å². The van der Waals surface area contributed by atoms with Crippen LogP contribution in [0.4, 0.5) is 5.69 Å². The molecule has 90 valence electrons. The number of H-pyrrole nitrogens is 1. The number of aromatic nitrogens is 2. The minimum absolute atomic E-state index is 0.858. The number of benzene rings is 1. The summed E-state index contributed by atoms with van der Waals surface area (Å²) in [5, 5.41) is 0. The molecule has 3 nitrogen and oxygen atoms in total. The van der Waals surface area contributed by atoms with E-state index in [9.17, 15) is 0 Å². The van der Waals surface area contributed by atoms with Crippen molar-refractivity contribution >= 4 is 5.69 Å². The van der Waals surface area contributed by atoms with Crippen LogP contribution in [0.1, 0.15) is 23.9 Å². The third-order valence-corrected chi connectivity index (χ3v) is 3.11. The molecule has 0 unspecified atom stereocenters. The first-order chi connectivity index (χ1) is 8.22. The van der Waals surface area contributed by atoms with Crippen molar-refractivity contribution in [1.82, 2.24) is 9.97 Å². The standard InChI is InChI=1S/C14H19N3/c1-4-17(9-13-12(3)15-10-16-13)14-8-6-5-7-11(14)2/h5-8,10H,4,9H2,1-3H3,(H,15,16). The first-order valence-corrected chi connectivity index (χ1v) is 6.01. The zero-order chi connectivity index (χ0) is 12.3. The number of nitrogens with one attached hydrogen (secondary N) is 1.